The van der Waals surface area contributed by atoms with E-state index in [-0.39, 0.29) is 19.3 Å². The second-order valence-corrected chi connectivity index (χ2v) is 6.91. The van der Waals surface area contributed by atoms with Gasteiger partial charge in [-0.25, -0.2) is 5.43 Å². The quantitative estimate of drug-likeness (QED) is 0.565. The van der Waals surface area contributed by atoms with Crippen molar-refractivity contribution in [3.05, 3.63) is 50.5 Å². The number of ether oxygens (including phenoxy) is 3. The molecule has 1 aliphatic rings. The summed E-state index contributed by atoms with van der Waals surface area (Å²) >= 11 is 9.54. The van der Waals surface area contributed by atoms with Gasteiger partial charge < -0.3 is 14.2 Å². The van der Waals surface area contributed by atoms with Crippen LogP contribution in [0.15, 0.2) is 33.8 Å². The van der Waals surface area contributed by atoms with Gasteiger partial charge in [-0.1, -0.05) is 11.6 Å². The van der Waals surface area contributed by atoms with Gasteiger partial charge in [0.25, 0.3) is 5.91 Å². The second-order valence-electron chi connectivity index (χ2n) is 5.68. The van der Waals surface area contributed by atoms with Gasteiger partial charge in [0.1, 0.15) is 5.75 Å². The summed E-state index contributed by atoms with van der Waals surface area (Å²) in [6.07, 6.45) is 1.51. The molecule has 1 amide bonds. The first-order valence-electron chi connectivity index (χ1n) is 7.74. The number of hydrogen-bond donors (Lipinski definition) is 1. The smallest absolute Gasteiger partial charge is 0.277 e. The number of rotatable bonds is 5. The molecule has 0 atom stereocenters. The Balaban J connectivity index is 1.55. The van der Waals surface area contributed by atoms with E-state index in [2.05, 4.69) is 26.5 Å². The van der Waals surface area contributed by atoms with E-state index < -0.39 is 0 Å². The maximum atomic E-state index is 11.9. The standard InChI is InChI=1S/C18H16BrClN2O4/c1-10-3-13(4-11(2)18(10)20)24-8-17(23)22-21-7-12-5-15-16(6-14(12)19)26-9-25-15/h3-7H,8-9H2,1-2H3,(H,22,23)/b21-7+. The maximum absolute atomic E-state index is 11.9. The summed E-state index contributed by atoms with van der Waals surface area (Å²) in [6.45, 7) is 3.81. The maximum Gasteiger partial charge on any atom is 0.277 e. The van der Waals surface area contributed by atoms with Crippen LogP contribution in [0.4, 0.5) is 0 Å². The van der Waals surface area contributed by atoms with Gasteiger partial charge in [0, 0.05) is 15.1 Å². The molecule has 1 aliphatic heterocycles. The van der Waals surface area contributed by atoms with Gasteiger partial charge in [0.05, 0.1) is 6.21 Å². The van der Waals surface area contributed by atoms with Gasteiger partial charge in [0.15, 0.2) is 18.1 Å². The van der Waals surface area contributed by atoms with Crippen LogP contribution in [0.2, 0.25) is 5.02 Å². The fourth-order valence-electron chi connectivity index (χ4n) is 2.38. The van der Waals surface area contributed by atoms with Crippen LogP contribution in [0.1, 0.15) is 16.7 Å². The SMILES string of the molecule is Cc1cc(OCC(=O)N/N=C/c2cc3c(cc2Br)OCO3)cc(C)c1Cl. The average Bonchev–Trinajstić information content (AvgIpc) is 3.05. The van der Waals surface area contributed by atoms with Crippen LogP contribution in [0.5, 0.6) is 17.2 Å². The minimum atomic E-state index is -0.372. The summed E-state index contributed by atoms with van der Waals surface area (Å²) in [5, 5.41) is 4.63. The molecule has 0 unspecified atom stereocenters. The van der Waals surface area contributed by atoms with Gasteiger partial charge in [-0.05, 0) is 65.2 Å². The van der Waals surface area contributed by atoms with E-state index in [4.69, 9.17) is 25.8 Å². The number of amides is 1. The van der Waals surface area contributed by atoms with Crippen molar-refractivity contribution >= 4 is 39.7 Å². The molecule has 0 saturated heterocycles. The highest BCUT2D eigenvalue weighted by Gasteiger charge is 2.15. The second kappa shape index (κ2) is 7.97. The largest absolute Gasteiger partial charge is 0.484 e. The molecular formula is C18H16BrClN2O4. The lowest BCUT2D eigenvalue weighted by molar-refractivity contribution is -0.123. The number of hydrogen-bond acceptors (Lipinski definition) is 5. The number of benzene rings is 2. The fourth-order valence-corrected chi connectivity index (χ4v) is 2.91. The number of aryl methyl sites for hydroxylation is 2. The van der Waals surface area contributed by atoms with E-state index in [9.17, 15) is 4.79 Å². The molecule has 3 rings (SSSR count). The zero-order valence-electron chi connectivity index (χ0n) is 14.1. The Morgan fingerprint density at radius 2 is 1.92 bits per heavy atom. The van der Waals surface area contributed by atoms with Crippen LogP contribution >= 0.6 is 27.5 Å². The molecule has 136 valence electrons. The summed E-state index contributed by atoms with van der Waals surface area (Å²) < 4.78 is 16.9. The van der Waals surface area contributed by atoms with Crippen molar-refractivity contribution < 1.29 is 19.0 Å². The van der Waals surface area contributed by atoms with E-state index in [1.807, 2.05) is 13.8 Å². The van der Waals surface area contributed by atoms with Crippen LogP contribution in [-0.2, 0) is 4.79 Å². The molecule has 0 radical (unpaired) electrons. The summed E-state index contributed by atoms with van der Waals surface area (Å²) in [4.78, 5) is 11.9. The number of halogens is 2. The molecule has 2 aromatic rings. The molecule has 0 spiro atoms. The van der Waals surface area contributed by atoms with Gasteiger partial charge in [-0.2, -0.15) is 5.10 Å². The van der Waals surface area contributed by atoms with Crippen molar-refractivity contribution in [2.45, 2.75) is 13.8 Å². The van der Waals surface area contributed by atoms with E-state index in [0.29, 0.717) is 22.3 Å². The molecule has 0 aromatic heterocycles. The molecule has 26 heavy (non-hydrogen) atoms. The van der Waals surface area contributed by atoms with Crippen molar-refractivity contribution in [3.8, 4) is 17.2 Å². The van der Waals surface area contributed by atoms with Crippen LogP contribution < -0.4 is 19.6 Å². The number of hydrazone groups is 1. The monoisotopic (exact) mass is 438 g/mol. The zero-order chi connectivity index (χ0) is 18.7. The van der Waals surface area contributed by atoms with E-state index in [1.54, 1.807) is 24.3 Å². The predicted molar refractivity (Wildman–Crippen MR) is 102 cm³/mol. The van der Waals surface area contributed by atoms with Crippen molar-refractivity contribution in [2.24, 2.45) is 5.10 Å². The molecule has 6 nitrogen and oxygen atoms in total. The summed E-state index contributed by atoms with van der Waals surface area (Å²) in [6, 6.07) is 7.14. The highest BCUT2D eigenvalue weighted by atomic mass is 79.9. The molecular weight excluding hydrogens is 424 g/mol. The molecule has 2 aromatic carbocycles. The first-order chi connectivity index (χ1) is 12.4. The summed E-state index contributed by atoms with van der Waals surface area (Å²) in [5.41, 5.74) is 4.97. The Morgan fingerprint density at radius 1 is 1.27 bits per heavy atom. The Labute approximate surface area is 164 Å². The number of nitrogens with one attached hydrogen (secondary N) is 1. The van der Waals surface area contributed by atoms with Gasteiger partial charge in [-0.3, -0.25) is 4.79 Å². The predicted octanol–water partition coefficient (Wildman–Crippen LogP) is 3.98. The lowest BCUT2D eigenvalue weighted by Gasteiger charge is -2.09. The third-order valence-electron chi connectivity index (χ3n) is 3.66. The van der Waals surface area contributed by atoms with Crippen molar-refractivity contribution in [3.63, 3.8) is 0 Å². The van der Waals surface area contributed by atoms with Gasteiger partial charge >= 0.3 is 0 Å². The first kappa shape index (κ1) is 18.5. The Morgan fingerprint density at radius 3 is 2.62 bits per heavy atom. The fraction of sp³-hybridized carbons (Fsp3) is 0.222. The molecule has 0 saturated carbocycles. The third-order valence-corrected chi connectivity index (χ3v) is 4.95. The topological polar surface area (TPSA) is 69.2 Å². The van der Waals surface area contributed by atoms with Crippen molar-refractivity contribution in [1.29, 1.82) is 0 Å². The Hall–Kier alpha value is -2.25. The molecule has 0 aliphatic carbocycles. The Bertz CT molecular complexity index is 863. The van der Waals surface area contributed by atoms with Crippen LogP contribution in [0.25, 0.3) is 0 Å². The molecule has 1 N–H and O–H groups in total. The average molecular weight is 440 g/mol. The molecule has 1 heterocycles. The minimum absolute atomic E-state index is 0.153. The van der Waals surface area contributed by atoms with Crippen molar-refractivity contribution in [1.82, 2.24) is 5.43 Å². The normalized spacial score (nSPS) is 12.5. The highest BCUT2D eigenvalue weighted by molar-refractivity contribution is 9.10. The van der Waals surface area contributed by atoms with Gasteiger partial charge in [-0.15, -0.1) is 0 Å². The first-order valence-corrected chi connectivity index (χ1v) is 8.91. The van der Waals surface area contributed by atoms with Crippen LogP contribution in [-0.4, -0.2) is 25.5 Å². The Kier molecular flexibility index (Phi) is 5.68. The number of carbonyl (C=O) groups excluding carboxylic acids is 1. The molecule has 0 fully saturated rings. The number of carbonyl (C=O) groups is 1. The highest BCUT2D eigenvalue weighted by Crippen LogP contribution is 2.36. The summed E-state index contributed by atoms with van der Waals surface area (Å²) in [7, 11) is 0. The van der Waals surface area contributed by atoms with Crippen molar-refractivity contribution in [2.75, 3.05) is 13.4 Å². The zero-order valence-corrected chi connectivity index (χ0v) is 16.5. The minimum Gasteiger partial charge on any atom is -0.484 e. The molecule has 0 bridgehead atoms. The van der Waals surface area contributed by atoms with E-state index in [1.165, 1.54) is 6.21 Å². The van der Waals surface area contributed by atoms with Gasteiger partial charge in [0.2, 0.25) is 6.79 Å². The summed E-state index contributed by atoms with van der Waals surface area (Å²) in [5.74, 6) is 1.52. The van der Waals surface area contributed by atoms with E-state index in [0.717, 1.165) is 21.2 Å². The lowest BCUT2D eigenvalue weighted by Crippen LogP contribution is -2.24. The van der Waals surface area contributed by atoms with Crippen LogP contribution in [0.3, 0.4) is 0 Å². The number of nitrogens with zero attached hydrogens (tertiary/aromatic N) is 1. The third kappa shape index (κ3) is 4.28. The number of fused-ring (bicyclic) bond motifs is 1. The lowest BCUT2D eigenvalue weighted by atomic mass is 10.1. The van der Waals surface area contributed by atoms with E-state index >= 15 is 0 Å². The molecule has 8 heteroatoms. The van der Waals surface area contributed by atoms with Crippen LogP contribution in [0, 0.1) is 13.8 Å².